The zero-order chi connectivity index (χ0) is 11.8. The minimum absolute atomic E-state index is 0.104. The first-order valence-electron chi connectivity index (χ1n) is 5.06. The fourth-order valence-corrected chi connectivity index (χ4v) is 2.07. The van der Waals surface area contributed by atoms with Crippen LogP contribution >= 0.6 is 23.2 Å². The van der Waals surface area contributed by atoms with Gasteiger partial charge in [-0.05, 0) is 18.2 Å². The van der Waals surface area contributed by atoms with Gasteiger partial charge in [0.15, 0.2) is 0 Å². The molecule has 1 aromatic rings. The van der Waals surface area contributed by atoms with E-state index >= 15 is 0 Å². The Labute approximate surface area is 103 Å². The number of rotatable bonds is 1. The molecular weight excluding hydrogens is 255 g/mol. The highest BCUT2D eigenvalue weighted by Crippen LogP contribution is 2.32. The Hall–Kier alpha value is -0.540. The summed E-state index contributed by atoms with van der Waals surface area (Å²) in [6.45, 7) is 0.704. The lowest BCUT2D eigenvalue weighted by atomic mass is 10.1. The van der Waals surface area contributed by atoms with Crippen LogP contribution in [0.5, 0.6) is 0 Å². The van der Waals surface area contributed by atoms with Gasteiger partial charge >= 0.3 is 0 Å². The van der Waals surface area contributed by atoms with Crippen molar-refractivity contribution in [1.29, 1.82) is 0 Å². The molecule has 1 aliphatic heterocycles. The third kappa shape index (κ3) is 2.58. The molecule has 16 heavy (non-hydrogen) atoms. The monoisotopic (exact) mass is 265 g/mol. The van der Waals surface area contributed by atoms with Crippen LogP contribution in [0.15, 0.2) is 18.2 Å². The van der Waals surface area contributed by atoms with E-state index in [1.54, 1.807) is 18.2 Å². The molecule has 88 valence electrons. The molecule has 1 aliphatic rings. The summed E-state index contributed by atoms with van der Waals surface area (Å²) in [6.07, 6.45) is -0.208. The van der Waals surface area contributed by atoms with Crippen LogP contribution in [-0.2, 0) is 0 Å². The fourth-order valence-electron chi connectivity index (χ4n) is 1.77. The fraction of sp³-hybridized carbons (Fsp3) is 0.455. The minimum atomic E-state index is -2.52. The van der Waals surface area contributed by atoms with Gasteiger partial charge in [0.1, 0.15) is 0 Å². The third-order valence-corrected chi connectivity index (χ3v) is 3.50. The highest BCUT2D eigenvalue weighted by atomic mass is 35.5. The van der Waals surface area contributed by atoms with Gasteiger partial charge in [0.25, 0.3) is 5.92 Å². The van der Waals surface area contributed by atoms with Gasteiger partial charge < -0.3 is 4.90 Å². The Bertz CT molecular complexity index is 386. The molecule has 2 rings (SSSR count). The zero-order valence-electron chi connectivity index (χ0n) is 8.52. The van der Waals surface area contributed by atoms with Gasteiger partial charge in [0.2, 0.25) is 0 Å². The minimum Gasteiger partial charge on any atom is -0.371 e. The number of piperidine rings is 1. The lowest BCUT2D eigenvalue weighted by Gasteiger charge is -2.33. The van der Waals surface area contributed by atoms with Crippen molar-refractivity contribution in [3.63, 3.8) is 0 Å². The van der Waals surface area contributed by atoms with Gasteiger partial charge in [-0.1, -0.05) is 23.2 Å². The number of halogens is 4. The Morgan fingerprint density at radius 1 is 1.06 bits per heavy atom. The molecule has 1 aromatic carbocycles. The van der Waals surface area contributed by atoms with E-state index in [0.29, 0.717) is 23.1 Å². The number of alkyl halides is 2. The molecule has 0 aromatic heterocycles. The number of hydrogen-bond acceptors (Lipinski definition) is 1. The summed E-state index contributed by atoms with van der Waals surface area (Å²) in [6, 6.07) is 5.21. The van der Waals surface area contributed by atoms with Crippen molar-refractivity contribution in [3.05, 3.63) is 28.2 Å². The van der Waals surface area contributed by atoms with Crippen LogP contribution in [0.2, 0.25) is 10.0 Å². The van der Waals surface area contributed by atoms with Crippen LogP contribution in [0.3, 0.4) is 0 Å². The molecule has 0 N–H and O–H groups in total. The number of hydrogen-bond donors (Lipinski definition) is 0. The van der Waals surface area contributed by atoms with Gasteiger partial charge in [0.05, 0.1) is 10.0 Å². The van der Waals surface area contributed by atoms with E-state index in [-0.39, 0.29) is 12.8 Å². The molecule has 0 saturated carbocycles. The second-order valence-corrected chi connectivity index (χ2v) is 4.76. The molecular formula is C11H11Cl2F2N. The lowest BCUT2D eigenvalue weighted by Crippen LogP contribution is -2.39. The second-order valence-electron chi connectivity index (χ2n) is 3.94. The topological polar surface area (TPSA) is 3.24 Å². The van der Waals surface area contributed by atoms with Crippen molar-refractivity contribution < 1.29 is 8.78 Å². The molecule has 0 aliphatic carbocycles. The average molecular weight is 266 g/mol. The summed E-state index contributed by atoms with van der Waals surface area (Å²) < 4.78 is 25.9. The van der Waals surface area contributed by atoms with Crippen molar-refractivity contribution in [2.45, 2.75) is 18.8 Å². The SMILES string of the molecule is FC1(F)CCN(c2ccc(Cl)c(Cl)c2)CC1. The molecule has 1 heterocycles. The van der Waals surface area contributed by atoms with E-state index < -0.39 is 5.92 Å². The predicted octanol–water partition coefficient (Wildman–Crippen LogP) is 4.23. The van der Waals surface area contributed by atoms with Crippen molar-refractivity contribution in [3.8, 4) is 0 Å². The van der Waals surface area contributed by atoms with Crippen LogP contribution in [-0.4, -0.2) is 19.0 Å². The first-order chi connectivity index (χ1) is 7.48. The molecule has 0 atom stereocenters. The predicted molar refractivity (Wildman–Crippen MR) is 62.9 cm³/mol. The van der Waals surface area contributed by atoms with Gasteiger partial charge in [-0.3, -0.25) is 0 Å². The van der Waals surface area contributed by atoms with E-state index in [1.165, 1.54) is 0 Å². The van der Waals surface area contributed by atoms with E-state index in [0.717, 1.165) is 5.69 Å². The summed E-state index contributed by atoms with van der Waals surface area (Å²) in [5, 5.41) is 0.934. The third-order valence-electron chi connectivity index (χ3n) is 2.76. The van der Waals surface area contributed by atoms with Gasteiger partial charge in [-0.15, -0.1) is 0 Å². The highest BCUT2D eigenvalue weighted by molar-refractivity contribution is 6.42. The maximum Gasteiger partial charge on any atom is 0.251 e. The second kappa shape index (κ2) is 4.38. The first kappa shape index (κ1) is 11.9. The normalized spacial score (nSPS) is 19.9. The maximum atomic E-state index is 13.0. The molecule has 0 bridgehead atoms. The zero-order valence-corrected chi connectivity index (χ0v) is 10.0. The van der Waals surface area contributed by atoms with Crippen LogP contribution in [0.1, 0.15) is 12.8 Å². The summed E-state index contributed by atoms with van der Waals surface area (Å²) in [5.74, 6) is -2.52. The Morgan fingerprint density at radius 3 is 2.25 bits per heavy atom. The Kier molecular flexibility index (Phi) is 3.27. The molecule has 0 spiro atoms. The molecule has 0 amide bonds. The maximum absolute atomic E-state index is 13.0. The number of nitrogens with zero attached hydrogens (tertiary/aromatic N) is 1. The lowest BCUT2D eigenvalue weighted by molar-refractivity contribution is -0.0220. The highest BCUT2D eigenvalue weighted by Gasteiger charge is 2.34. The van der Waals surface area contributed by atoms with E-state index in [1.807, 2.05) is 4.90 Å². The van der Waals surface area contributed by atoms with E-state index in [2.05, 4.69) is 0 Å². The molecule has 5 heteroatoms. The summed E-state index contributed by atoms with van der Waals surface area (Å²) >= 11 is 11.7. The molecule has 1 saturated heterocycles. The van der Waals surface area contributed by atoms with Gasteiger partial charge in [0, 0.05) is 31.6 Å². The van der Waals surface area contributed by atoms with Crippen LogP contribution in [0.25, 0.3) is 0 Å². The summed E-state index contributed by atoms with van der Waals surface area (Å²) in [7, 11) is 0. The van der Waals surface area contributed by atoms with Crippen LogP contribution in [0, 0.1) is 0 Å². The molecule has 0 radical (unpaired) electrons. The molecule has 1 nitrogen and oxygen atoms in total. The van der Waals surface area contributed by atoms with Gasteiger partial charge in [-0.25, -0.2) is 8.78 Å². The standard InChI is InChI=1S/C11H11Cl2F2N/c12-9-2-1-8(7-10(9)13)16-5-3-11(14,15)4-6-16/h1-2,7H,3-6H2. The van der Waals surface area contributed by atoms with Crippen LogP contribution < -0.4 is 4.90 Å². The first-order valence-corrected chi connectivity index (χ1v) is 5.81. The average Bonchev–Trinajstić information content (AvgIpc) is 2.22. The smallest absolute Gasteiger partial charge is 0.251 e. The molecule has 1 fully saturated rings. The van der Waals surface area contributed by atoms with Crippen LogP contribution in [0.4, 0.5) is 14.5 Å². The quantitative estimate of drug-likeness (QED) is 0.735. The summed E-state index contributed by atoms with van der Waals surface area (Å²) in [4.78, 5) is 1.90. The van der Waals surface area contributed by atoms with Crippen molar-refractivity contribution in [2.24, 2.45) is 0 Å². The number of benzene rings is 1. The van der Waals surface area contributed by atoms with Crippen molar-refractivity contribution >= 4 is 28.9 Å². The number of anilines is 1. The largest absolute Gasteiger partial charge is 0.371 e. The van der Waals surface area contributed by atoms with Crippen molar-refractivity contribution in [1.82, 2.24) is 0 Å². The Balaban J connectivity index is 2.11. The van der Waals surface area contributed by atoms with E-state index in [4.69, 9.17) is 23.2 Å². The Morgan fingerprint density at radius 2 is 1.69 bits per heavy atom. The van der Waals surface area contributed by atoms with E-state index in [9.17, 15) is 8.78 Å². The summed E-state index contributed by atoms with van der Waals surface area (Å²) in [5.41, 5.74) is 0.852. The van der Waals surface area contributed by atoms with Crippen molar-refractivity contribution in [2.75, 3.05) is 18.0 Å². The van der Waals surface area contributed by atoms with Gasteiger partial charge in [-0.2, -0.15) is 0 Å². The molecule has 0 unspecified atom stereocenters.